The molecule has 28 heavy (non-hydrogen) atoms. The molecule has 3 rings (SSSR count). The van der Waals surface area contributed by atoms with Gasteiger partial charge in [-0.3, -0.25) is 10.3 Å². The number of anilines is 2. The molecule has 9 heteroatoms. The number of ether oxygens (including phenoxy) is 2. The summed E-state index contributed by atoms with van der Waals surface area (Å²) >= 11 is 3.43. The van der Waals surface area contributed by atoms with Crippen LogP contribution in [0.4, 0.5) is 16.3 Å². The maximum absolute atomic E-state index is 12.3. The van der Waals surface area contributed by atoms with Crippen LogP contribution in [0.25, 0.3) is 0 Å². The SMILES string of the molecule is Cc1cnc(NC(=O)Nc2cc(Br)ccc2OCC2CN(C)CCCO2)cn1. The number of halogens is 1. The predicted octanol–water partition coefficient (Wildman–Crippen LogP) is 3.29. The summed E-state index contributed by atoms with van der Waals surface area (Å²) in [4.78, 5) is 22.8. The first kappa shape index (κ1) is 20.5. The average molecular weight is 450 g/mol. The molecular weight excluding hydrogens is 426 g/mol. The Bertz CT molecular complexity index is 803. The lowest BCUT2D eigenvalue weighted by atomic mass is 10.3. The van der Waals surface area contributed by atoms with Gasteiger partial charge in [0.2, 0.25) is 0 Å². The summed E-state index contributed by atoms with van der Waals surface area (Å²) < 4.78 is 12.6. The van der Waals surface area contributed by atoms with Gasteiger partial charge < -0.3 is 19.7 Å². The van der Waals surface area contributed by atoms with Crippen molar-refractivity contribution in [1.82, 2.24) is 14.9 Å². The molecule has 8 nitrogen and oxygen atoms in total. The van der Waals surface area contributed by atoms with Gasteiger partial charge in [-0.2, -0.15) is 0 Å². The number of rotatable bonds is 5. The summed E-state index contributed by atoms with van der Waals surface area (Å²) in [5.74, 6) is 0.944. The van der Waals surface area contributed by atoms with E-state index in [0.717, 1.165) is 36.3 Å². The van der Waals surface area contributed by atoms with Crippen molar-refractivity contribution in [2.24, 2.45) is 0 Å². The van der Waals surface area contributed by atoms with E-state index in [4.69, 9.17) is 9.47 Å². The van der Waals surface area contributed by atoms with Crippen molar-refractivity contribution in [3.8, 4) is 5.75 Å². The Kier molecular flexibility index (Phi) is 7.18. The Balaban J connectivity index is 1.63. The number of aromatic nitrogens is 2. The number of hydrogen-bond acceptors (Lipinski definition) is 6. The molecule has 2 heterocycles. The fourth-order valence-corrected chi connectivity index (χ4v) is 3.17. The lowest BCUT2D eigenvalue weighted by molar-refractivity contribution is 0.0236. The van der Waals surface area contributed by atoms with Crippen LogP contribution in [0.5, 0.6) is 5.75 Å². The van der Waals surface area contributed by atoms with Crippen LogP contribution in [0.2, 0.25) is 0 Å². The summed E-state index contributed by atoms with van der Waals surface area (Å²) in [5, 5.41) is 5.46. The van der Waals surface area contributed by atoms with Gasteiger partial charge in [-0.1, -0.05) is 15.9 Å². The molecule has 0 aliphatic carbocycles. The van der Waals surface area contributed by atoms with Gasteiger partial charge in [0.15, 0.2) is 5.82 Å². The first-order valence-corrected chi connectivity index (χ1v) is 9.88. The molecule has 1 aliphatic heterocycles. The molecule has 2 N–H and O–H groups in total. The molecule has 2 aromatic rings. The number of carbonyl (C=O) groups is 1. The lowest BCUT2D eigenvalue weighted by Gasteiger charge is -2.21. The second-order valence-corrected chi connectivity index (χ2v) is 7.60. The number of nitrogens with zero attached hydrogens (tertiary/aromatic N) is 3. The number of aryl methyl sites for hydroxylation is 1. The van der Waals surface area contributed by atoms with Crippen LogP contribution in [0.3, 0.4) is 0 Å². The predicted molar refractivity (Wildman–Crippen MR) is 111 cm³/mol. The van der Waals surface area contributed by atoms with Gasteiger partial charge in [0.25, 0.3) is 0 Å². The van der Waals surface area contributed by atoms with Crippen molar-refractivity contribution < 1.29 is 14.3 Å². The van der Waals surface area contributed by atoms with Crippen molar-refractivity contribution in [2.45, 2.75) is 19.4 Å². The molecule has 1 atom stereocenters. The third kappa shape index (κ3) is 6.15. The molecule has 1 saturated heterocycles. The van der Waals surface area contributed by atoms with E-state index in [9.17, 15) is 4.79 Å². The van der Waals surface area contributed by atoms with Crippen molar-refractivity contribution in [2.75, 3.05) is 44.0 Å². The number of amides is 2. The number of carbonyl (C=O) groups excluding carboxylic acids is 1. The Morgan fingerprint density at radius 1 is 1.36 bits per heavy atom. The highest BCUT2D eigenvalue weighted by atomic mass is 79.9. The fraction of sp³-hybridized carbons (Fsp3) is 0.421. The normalized spacial score (nSPS) is 17.6. The Hall–Kier alpha value is -2.23. The van der Waals surface area contributed by atoms with Crippen LogP contribution in [0, 0.1) is 6.92 Å². The first-order chi connectivity index (χ1) is 13.5. The van der Waals surface area contributed by atoms with E-state index in [0.29, 0.717) is 23.9 Å². The highest BCUT2D eigenvalue weighted by Gasteiger charge is 2.18. The minimum atomic E-state index is -0.424. The molecule has 1 unspecified atom stereocenters. The summed E-state index contributed by atoms with van der Waals surface area (Å²) in [6.07, 6.45) is 4.10. The summed E-state index contributed by atoms with van der Waals surface area (Å²) in [7, 11) is 2.08. The molecule has 0 saturated carbocycles. The smallest absolute Gasteiger partial charge is 0.325 e. The van der Waals surface area contributed by atoms with Crippen molar-refractivity contribution in [1.29, 1.82) is 0 Å². The topological polar surface area (TPSA) is 88.6 Å². The highest BCUT2D eigenvalue weighted by Crippen LogP contribution is 2.29. The van der Waals surface area contributed by atoms with Crippen molar-refractivity contribution >= 4 is 33.5 Å². The van der Waals surface area contributed by atoms with Gasteiger partial charge in [-0.25, -0.2) is 9.78 Å². The van der Waals surface area contributed by atoms with Gasteiger partial charge in [0, 0.05) is 24.2 Å². The summed E-state index contributed by atoms with van der Waals surface area (Å²) in [6, 6.07) is 5.04. The summed E-state index contributed by atoms with van der Waals surface area (Å²) in [5.41, 5.74) is 1.33. The highest BCUT2D eigenvalue weighted by molar-refractivity contribution is 9.10. The lowest BCUT2D eigenvalue weighted by Crippen LogP contribution is -2.32. The largest absolute Gasteiger partial charge is 0.489 e. The van der Waals surface area contributed by atoms with Gasteiger partial charge in [0.05, 0.1) is 23.8 Å². The van der Waals surface area contributed by atoms with Crippen LogP contribution in [0.15, 0.2) is 35.1 Å². The molecule has 0 radical (unpaired) electrons. The number of nitrogens with one attached hydrogen (secondary N) is 2. The van der Waals surface area contributed by atoms with E-state index in [2.05, 4.69) is 48.5 Å². The zero-order valence-corrected chi connectivity index (χ0v) is 17.5. The first-order valence-electron chi connectivity index (χ1n) is 9.09. The molecular formula is C19H24BrN5O3. The molecule has 2 amide bonds. The van der Waals surface area contributed by atoms with E-state index in [1.54, 1.807) is 12.3 Å². The Morgan fingerprint density at radius 3 is 3.00 bits per heavy atom. The molecule has 1 fully saturated rings. The zero-order chi connectivity index (χ0) is 19.9. The number of likely N-dealkylation sites (N-methyl/N-ethyl adjacent to an activating group) is 1. The molecule has 150 valence electrons. The second-order valence-electron chi connectivity index (χ2n) is 6.68. The fourth-order valence-electron chi connectivity index (χ4n) is 2.81. The molecule has 0 bridgehead atoms. The molecule has 1 aliphatic rings. The Labute approximate surface area is 172 Å². The second kappa shape index (κ2) is 9.81. The van der Waals surface area contributed by atoms with Crippen molar-refractivity contribution in [3.05, 3.63) is 40.8 Å². The van der Waals surface area contributed by atoms with E-state index >= 15 is 0 Å². The minimum absolute atomic E-state index is 0.0133. The van der Waals surface area contributed by atoms with Crippen LogP contribution in [0.1, 0.15) is 12.1 Å². The Morgan fingerprint density at radius 2 is 2.21 bits per heavy atom. The molecule has 0 spiro atoms. The summed E-state index contributed by atoms with van der Waals surface area (Å²) in [6.45, 7) is 4.79. The average Bonchev–Trinajstić information content (AvgIpc) is 2.87. The minimum Gasteiger partial charge on any atom is -0.489 e. The third-order valence-electron chi connectivity index (χ3n) is 4.19. The van der Waals surface area contributed by atoms with Crippen LogP contribution >= 0.6 is 15.9 Å². The van der Waals surface area contributed by atoms with E-state index in [1.807, 2.05) is 19.1 Å². The van der Waals surface area contributed by atoms with Crippen molar-refractivity contribution in [3.63, 3.8) is 0 Å². The third-order valence-corrected chi connectivity index (χ3v) is 4.68. The van der Waals surface area contributed by atoms with E-state index < -0.39 is 6.03 Å². The quantitative estimate of drug-likeness (QED) is 0.727. The van der Waals surface area contributed by atoms with Gasteiger partial charge >= 0.3 is 6.03 Å². The van der Waals surface area contributed by atoms with Crippen LogP contribution in [-0.4, -0.2) is 60.4 Å². The van der Waals surface area contributed by atoms with Crippen LogP contribution < -0.4 is 15.4 Å². The van der Waals surface area contributed by atoms with Gasteiger partial charge in [0.1, 0.15) is 18.5 Å². The standard InChI is InChI=1S/C19H24BrN5O3/c1-13-9-22-18(10-21-13)24-19(26)23-16-8-14(20)4-5-17(16)28-12-15-11-25(2)6-3-7-27-15/h4-5,8-10,15H,3,6-7,11-12H2,1-2H3,(H2,22,23,24,26). The molecule has 1 aromatic carbocycles. The monoisotopic (exact) mass is 449 g/mol. The van der Waals surface area contributed by atoms with Gasteiger partial charge in [-0.15, -0.1) is 0 Å². The number of urea groups is 1. The maximum atomic E-state index is 12.3. The maximum Gasteiger partial charge on any atom is 0.325 e. The molecule has 1 aromatic heterocycles. The van der Waals surface area contributed by atoms with E-state index in [-0.39, 0.29) is 6.10 Å². The number of benzene rings is 1. The van der Waals surface area contributed by atoms with Gasteiger partial charge in [-0.05, 0) is 38.6 Å². The zero-order valence-electron chi connectivity index (χ0n) is 15.9. The van der Waals surface area contributed by atoms with Crippen LogP contribution in [-0.2, 0) is 4.74 Å². The number of hydrogen-bond donors (Lipinski definition) is 2. The van der Waals surface area contributed by atoms with E-state index in [1.165, 1.54) is 6.20 Å².